The predicted octanol–water partition coefficient (Wildman–Crippen LogP) is 3.34. The highest BCUT2D eigenvalue weighted by Crippen LogP contribution is 2.76. The summed E-state index contributed by atoms with van der Waals surface area (Å²) in [7, 11) is 1.17. The van der Waals surface area contributed by atoms with Crippen LogP contribution >= 0.6 is 0 Å². The molecule has 13 atom stereocenters. The summed E-state index contributed by atoms with van der Waals surface area (Å²) in [5.41, 5.74) is -4.74. The number of hydrogen-bond donors (Lipinski definition) is 1. The van der Waals surface area contributed by atoms with Crippen LogP contribution in [-0.4, -0.2) is 96.9 Å². The number of rotatable bonds is 13. The van der Waals surface area contributed by atoms with Crippen molar-refractivity contribution < 1.29 is 71.4 Å². The largest absolute Gasteiger partial charge is 0.472 e. The van der Waals surface area contributed by atoms with Gasteiger partial charge in [0.25, 0.3) is 6.47 Å². The third kappa shape index (κ3) is 6.43. The summed E-state index contributed by atoms with van der Waals surface area (Å²) in [4.78, 5) is 78.5. The molecule has 2 aliphatic carbocycles. The van der Waals surface area contributed by atoms with Crippen LogP contribution in [0.15, 0.2) is 35.2 Å². The second kappa shape index (κ2) is 14.5. The number of carbonyl (C=O) groups excluding carboxylic acids is 6. The van der Waals surface area contributed by atoms with Gasteiger partial charge in [0.15, 0.2) is 6.10 Å². The van der Waals surface area contributed by atoms with E-state index in [4.69, 9.17) is 37.6 Å². The summed E-state index contributed by atoms with van der Waals surface area (Å²) in [6.45, 7) is 15.1. The second-order valence-corrected chi connectivity index (χ2v) is 15.4. The second-order valence-electron chi connectivity index (χ2n) is 15.4. The van der Waals surface area contributed by atoms with Gasteiger partial charge in [-0.1, -0.05) is 40.7 Å². The van der Waals surface area contributed by atoms with E-state index in [0.717, 1.165) is 12.5 Å². The van der Waals surface area contributed by atoms with E-state index < -0.39 is 126 Å². The Labute approximate surface area is 307 Å². The molecule has 0 bridgehead atoms. The van der Waals surface area contributed by atoms with Gasteiger partial charge in [0.2, 0.25) is 0 Å². The number of aliphatic hydroxyl groups is 1. The highest BCUT2D eigenvalue weighted by molar-refractivity contribution is 5.76. The Morgan fingerprint density at radius 2 is 1.83 bits per heavy atom. The Bertz CT molecular complexity index is 1620. The van der Waals surface area contributed by atoms with Crippen LogP contribution < -0.4 is 0 Å². The summed E-state index contributed by atoms with van der Waals surface area (Å²) in [6, 6.07) is 1.78. The van der Waals surface area contributed by atoms with E-state index in [1.807, 2.05) is 13.8 Å². The van der Waals surface area contributed by atoms with Crippen LogP contribution in [0.25, 0.3) is 0 Å². The van der Waals surface area contributed by atoms with Crippen molar-refractivity contribution in [1.82, 2.24) is 0 Å². The van der Waals surface area contributed by atoms with Gasteiger partial charge >= 0.3 is 29.8 Å². The molecule has 0 radical (unpaired) electrons. The lowest BCUT2D eigenvalue weighted by atomic mass is 9.47. The molecule has 1 N–H and O–H groups in total. The lowest BCUT2D eigenvalue weighted by molar-refractivity contribution is -0.225. The number of carbonyl (C=O) groups is 6. The maximum absolute atomic E-state index is 13.9. The van der Waals surface area contributed by atoms with Crippen molar-refractivity contribution >= 4 is 36.3 Å². The van der Waals surface area contributed by atoms with Gasteiger partial charge < -0.3 is 42.7 Å². The number of hydrogen-bond acceptors (Lipinski definition) is 15. The lowest BCUT2D eigenvalue weighted by Crippen LogP contribution is -2.68. The first kappa shape index (κ1) is 40.0. The molecule has 2 saturated heterocycles. The Hall–Kier alpha value is -4.24. The summed E-state index contributed by atoms with van der Waals surface area (Å²) in [5.74, 6) is -7.29. The number of aliphatic hydroxyl groups excluding tert-OH is 1. The number of furan rings is 1. The first-order chi connectivity index (χ1) is 24.9. The SMILES string of the molecule is C=C1[C@@H]([C@@]2(C)[C@@H](OC(C)=O)CC(=O)O[C@](C)(COC(C)=O)[C@@H]2CC(=O)OC)[C@@H](OC=O)[C@H](OC(=O)[C@H](O)[C@H](C)CC)[C@@]2(C)[C@H](c3ccoc3)C[C@H]3O[C@]132. The maximum atomic E-state index is 13.9. The summed E-state index contributed by atoms with van der Waals surface area (Å²) in [6.07, 6.45) is -3.21. The van der Waals surface area contributed by atoms with Crippen LogP contribution in [0.4, 0.5) is 0 Å². The minimum atomic E-state index is -1.76. The van der Waals surface area contributed by atoms with E-state index in [1.165, 1.54) is 27.2 Å². The fraction of sp³-hybridized carbons (Fsp3) is 0.684. The average molecular weight is 747 g/mol. The molecule has 0 unspecified atom stereocenters. The number of ether oxygens (including phenoxy) is 7. The monoisotopic (exact) mass is 746 g/mol. The van der Waals surface area contributed by atoms with Crippen LogP contribution in [0.5, 0.6) is 0 Å². The fourth-order valence-corrected chi connectivity index (χ4v) is 9.79. The molecule has 2 aliphatic heterocycles. The molecule has 3 heterocycles. The van der Waals surface area contributed by atoms with Gasteiger partial charge in [0, 0.05) is 37.0 Å². The third-order valence-electron chi connectivity index (χ3n) is 12.6. The van der Waals surface area contributed by atoms with Crippen molar-refractivity contribution in [3.63, 3.8) is 0 Å². The molecule has 53 heavy (non-hydrogen) atoms. The van der Waals surface area contributed by atoms with Crippen molar-refractivity contribution in [2.24, 2.45) is 28.6 Å². The maximum Gasteiger partial charge on any atom is 0.335 e. The quantitative estimate of drug-likeness (QED) is 0.101. The van der Waals surface area contributed by atoms with Crippen LogP contribution in [0.1, 0.15) is 85.6 Å². The van der Waals surface area contributed by atoms with Gasteiger partial charge in [0.05, 0.1) is 44.0 Å². The van der Waals surface area contributed by atoms with E-state index in [9.17, 15) is 33.9 Å². The predicted molar refractivity (Wildman–Crippen MR) is 180 cm³/mol. The summed E-state index contributed by atoms with van der Waals surface area (Å²) < 4.78 is 46.8. The van der Waals surface area contributed by atoms with Gasteiger partial charge in [0.1, 0.15) is 36.1 Å². The molecule has 2 saturated carbocycles. The van der Waals surface area contributed by atoms with E-state index >= 15 is 0 Å². The molecule has 0 amide bonds. The van der Waals surface area contributed by atoms with Crippen LogP contribution in [0.3, 0.4) is 0 Å². The van der Waals surface area contributed by atoms with Gasteiger partial charge in [-0.2, -0.15) is 0 Å². The number of esters is 5. The van der Waals surface area contributed by atoms with E-state index in [0.29, 0.717) is 18.4 Å². The molecule has 1 spiro atoms. The highest BCUT2D eigenvalue weighted by atomic mass is 16.6. The highest BCUT2D eigenvalue weighted by Gasteiger charge is 2.85. The first-order valence-corrected chi connectivity index (χ1v) is 17.8. The molecule has 5 rings (SSSR count). The molecule has 0 aromatic carbocycles. The minimum absolute atomic E-state index is 0.196. The zero-order chi connectivity index (χ0) is 39.3. The van der Waals surface area contributed by atoms with E-state index in [1.54, 1.807) is 26.2 Å². The molecule has 4 fully saturated rings. The van der Waals surface area contributed by atoms with Crippen molar-refractivity contribution in [1.29, 1.82) is 0 Å². The van der Waals surface area contributed by atoms with Crippen molar-refractivity contribution in [3.8, 4) is 0 Å². The molecule has 1 aromatic heterocycles. The Balaban J connectivity index is 1.81. The third-order valence-corrected chi connectivity index (χ3v) is 12.6. The number of epoxide rings is 1. The molecule has 15 heteroatoms. The van der Waals surface area contributed by atoms with E-state index in [-0.39, 0.29) is 6.47 Å². The van der Waals surface area contributed by atoms with Gasteiger partial charge in [-0.05, 0) is 36.5 Å². The molecule has 292 valence electrons. The molecular formula is C38H50O15. The van der Waals surface area contributed by atoms with Crippen LogP contribution in [0, 0.1) is 28.6 Å². The normalized spacial score (nSPS) is 38.5. The van der Waals surface area contributed by atoms with Crippen molar-refractivity contribution in [3.05, 3.63) is 36.3 Å². The van der Waals surface area contributed by atoms with Gasteiger partial charge in [-0.15, -0.1) is 0 Å². The number of cyclic esters (lactones) is 1. The van der Waals surface area contributed by atoms with Crippen molar-refractivity contribution in [2.45, 2.75) is 122 Å². The number of methoxy groups -OCH3 is 1. The fourth-order valence-electron chi connectivity index (χ4n) is 9.79. The standard InChI is InChI=1S/C38H50O15/c1-10-19(2)31(44)34(45)51-33-32(49-18-39)30(20(3)38-27(52-38)13-24(37(33,38)8)23-11-12-47-16-23)36(7)25(14-28(42)46-9)35(6,17-48-21(4)40)53-29(43)15-26(36)50-22(5)41/h11-12,16,18-19,24-27,30-33,44H,3,10,13-15,17H2,1-2,4-9H3/t19-,24+,25+,26+,27-,30-,31-,32-,33+,35-,36-,37-,38-/m1/s1. The van der Waals surface area contributed by atoms with Crippen LogP contribution in [0.2, 0.25) is 0 Å². The molecular weight excluding hydrogens is 696 g/mol. The van der Waals surface area contributed by atoms with Gasteiger partial charge in [-0.25, -0.2) is 4.79 Å². The smallest absolute Gasteiger partial charge is 0.335 e. The molecule has 15 nitrogen and oxygen atoms in total. The van der Waals surface area contributed by atoms with Gasteiger partial charge in [-0.3, -0.25) is 24.0 Å². The first-order valence-electron chi connectivity index (χ1n) is 17.8. The molecule has 4 aliphatic rings. The zero-order valence-electron chi connectivity index (χ0n) is 31.4. The minimum Gasteiger partial charge on any atom is -0.472 e. The lowest BCUT2D eigenvalue weighted by Gasteiger charge is -2.59. The van der Waals surface area contributed by atoms with Crippen LogP contribution in [-0.2, 0) is 61.9 Å². The molecule has 1 aromatic rings. The van der Waals surface area contributed by atoms with Crippen molar-refractivity contribution in [2.75, 3.05) is 13.7 Å². The summed E-state index contributed by atoms with van der Waals surface area (Å²) in [5, 5.41) is 11.1. The topological polar surface area (TPSA) is 204 Å². The van der Waals surface area contributed by atoms with E-state index in [2.05, 4.69) is 6.58 Å². The Morgan fingerprint density at radius 1 is 1.13 bits per heavy atom. The zero-order valence-corrected chi connectivity index (χ0v) is 31.4. The summed E-state index contributed by atoms with van der Waals surface area (Å²) >= 11 is 0. The Morgan fingerprint density at radius 3 is 2.40 bits per heavy atom. The average Bonchev–Trinajstić information content (AvgIpc) is 3.47. The Kier molecular flexibility index (Phi) is 11.0.